The van der Waals surface area contributed by atoms with Gasteiger partial charge in [0.25, 0.3) is 0 Å². The van der Waals surface area contributed by atoms with E-state index in [0.29, 0.717) is 5.69 Å². The summed E-state index contributed by atoms with van der Waals surface area (Å²) in [6.07, 6.45) is -1.13. The Morgan fingerprint density at radius 1 is 1.09 bits per heavy atom. The summed E-state index contributed by atoms with van der Waals surface area (Å²) in [7, 11) is 0. The molecule has 1 atom stereocenters. The molecule has 0 aliphatic rings. The minimum absolute atomic E-state index is 0.123. The number of nitrogens with one attached hydrogen (secondary N) is 2. The lowest BCUT2D eigenvalue weighted by Gasteiger charge is -2.13. The van der Waals surface area contributed by atoms with Crippen molar-refractivity contribution in [2.75, 3.05) is 11.9 Å². The zero-order chi connectivity index (χ0) is 17.0. The first-order valence-corrected chi connectivity index (χ1v) is 7.11. The summed E-state index contributed by atoms with van der Waals surface area (Å²) in [4.78, 5) is 11.8. The highest BCUT2D eigenvalue weighted by Gasteiger charge is 2.12. The maximum Gasteiger partial charge on any atom is 0.319 e. The zero-order valence-corrected chi connectivity index (χ0v) is 12.9. The molecular weight excluding hydrogens is 302 g/mol. The van der Waals surface area contributed by atoms with E-state index < -0.39 is 23.8 Å². The van der Waals surface area contributed by atoms with Gasteiger partial charge in [-0.05, 0) is 54.8 Å². The van der Waals surface area contributed by atoms with Gasteiger partial charge in [0.2, 0.25) is 0 Å². The Morgan fingerprint density at radius 2 is 1.74 bits per heavy atom. The van der Waals surface area contributed by atoms with Gasteiger partial charge in [-0.3, -0.25) is 0 Å². The number of anilines is 1. The highest BCUT2D eigenvalue weighted by molar-refractivity contribution is 5.89. The van der Waals surface area contributed by atoms with E-state index in [0.717, 1.165) is 23.3 Å². The van der Waals surface area contributed by atoms with Gasteiger partial charge in [-0.2, -0.15) is 0 Å². The van der Waals surface area contributed by atoms with Crippen molar-refractivity contribution in [3.05, 3.63) is 64.7 Å². The first-order valence-electron chi connectivity index (χ1n) is 7.11. The Balaban J connectivity index is 1.91. The van der Waals surface area contributed by atoms with Crippen molar-refractivity contribution >= 4 is 11.7 Å². The van der Waals surface area contributed by atoms with Gasteiger partial charge in [0.15, 0.2) is 11.6 Å². The van der Waals surface area contributed by atoms with Crippen LogP contribution in [0.4, 0.5) is 19.3 Å². The number of urea groups is 1. The second kappa shape index (κ2) is 7.19. The Labute approximate surface area is 133 Å². The standard InChI is InChI=1S/C17H18F2N2O2/c1-10-5-11(2)7-13(6-10)21-17(23)20-9-16(22)12-3-4-14(18)15(19)8-12/h3-8,16,22H,9H2,1-2H3,(H2,20,21,23)/t16-/m1/s1. The fraction of sp³-hybridized carbons (Fsp3) is 0.235. The van der Waals surface area contributed by atoms with Crippen molar-refractivity contribution in [1.82, 2.24) is 5.32 Å². The van der Waals surface area contributed by atoms with Gasteiger partial charge in [-0.15, -0.1) is 0 Å². The van der Waals surface area contributed by atoms with Gasteiger partial charge in [0.1, 0.15) is 0 Å². The average Bonchev–Trinajstić information content (AvgIpc) is 2.46. The minimum Gasteiger partial charge on any atom is -0.387 e. The van der Waals surface area contributed by atoms with Crippen molar-refractivity contribution < 1.29 is 18.7 Å². The van der Waals surface area contributed by atoms with Crippen LogP contribution in [0.5, 0.6) is 0 Å². The molecule has 23 heavy (non-hydrogen) atoms. The molecule has 2 rings (SSSR count). The number of carbonyl (C=O) groups excluding carboxylic acids is 1. The number of carbonyl (C=O) groups is 1. The average molecular weight is 320 g/mol. The summed E-state index contributed by atoms with van der Waals surface area (Å²) in [6.45, 7) is 3.72. The normalized spacial score (nSPS) is 11.9. The van der Waals surface area contributed by atoms with Crippen LogP contribution in [0.2, 0.25) is 0 Å². The van der Waals surface area contributed by atoms with Gasteiger partial charge in [0, 0.05) is 12.2 Å². The summed E-state index contributed by atoms with van der Waals surface area (Å²) in [5.74, 6) is -2.03. The lowest BCUT2D eigenvalue weighted by molar-refractivity contribution is 0.174. The minimum atomic E-state index is -1.13. The van der Waals surface area contributed by atoms with E-state index in [1.54, 1.807) is 0 Å². The molecule has 0 heterocycles. The molecule has 6 heteroatoms. The number of hydrogen-bond donors (Lipinski definition) is 3. The summed E-state index contributed by atoms with van der Waals surface area (Å²) >= 11 is 0. The van der Waals surface area contributed by atoms with Crippen molar-refractivity contribution in [2.45, 2.75) is 20.0 Å². The Bertz CT molecular complexity index is 699. The molecule has 0 spiro atoms. The van der Waals surface area contributed by atoms with Gasteiger partial charge < -0.3 is 15.7 Å². The Hall–Kier alpha value is -2.47. The first kappa shape index (κ1) is 16.9. The van der Waals surface area contributed by atoms with Crippen molar-refractivity contribution in [1.29, 1.82) is 0 Å². The van der Waals surface area contributed by atoms with Crippen molar-refractivity contribution in [3.63, 3.8) is 0 Å². The van der Waals surface area contributed by atoms with Crippen LogP contribution in [-0.2, 0) is 0 Å². The SMILES string of the molecule is Cc1cc(C)cc(NC(=O)NC[C@@H](O)c2ccc(F)c(F)c2)c1. The van der Waals surface area contributed by atoms with E-state index in [1.807, 2.05) is 32.0 Å². The van der Waals surface area contributed by atoms with E-state index in [-0.39, 0.29) is 12.1 Å². The predicted octanol–water partition coefficient (Wildman–Crippen LogP) is 3.44. The predicted molar refractivity (Wildman–Crippen MR) is 84.3 cm³/mol. The van der Waals surface area contributed by atoms with Crippen molar-refractivity contribution in [2.24, 2.45) is 0 Å². The number of halogens is 2. The fourth-order valence-electron chi connectivity index (χ4n) is 2.25. The lowest BCUT2D eigenvalue weighted by atomic mass is 10.1. The molecule has 0 aliphatic heterocycles. The fourth-order valence-corrected chi connectivity index (χ4v) is 2.25. The molecule has 122 valence electrons. The smallest absolute Gasteiger partial charge is 0.319 e. The molecule has 0 aromatic heterocycles. The number of hydrogen-bond acceptors (Lipinski definition) is 2. The highest BCUT2D eigenvalue weighted by atomic mass is 19.2. The zero-order valence-electron chi connectivity index (χ0n) is 12.9. The number of aliphatic hydroxyl groups is 1. The molecule has 0 aliphatic carbocycles. The second-order valence-electron chi connectivity index (χ2n) is 5.40. The van der Waals surface area contributed by atoms with Gasteiger partial charge >= 0.3 is 6.03 Å². The van der Waals surface area contributed by atoms with Crippen LogP contribution >= 0.6 is 0 Å². The molecule has 3 N–H and O–H groups in total. The first-order chi connectivity index (χ1) is 10.8. The monoisotopic (exact) mass is 320 g/mol. The maximum atomic E-state index is 13.1. The van der Waals surface area contributed by atoms with E-state index in [4.69, 9.17) is 0 Å². The topological polar surface area (TPSA) is 61.4 Å². The molecule has 0 bridgehead atoms. The molecule has 0 fully saturated rings. The quantitative estimate of drug-likeness (QED) is 0.808. The third kappa shape index (κ3) is 4.75. The molecule has 2 aromatic carbocycles. The lowest BCUT2D eigenvalue weighted by Crippen LogP contribution is -2.32. The third-order valence-electron chi connectivity index (χ3n) is 3.26. The van der Waals surface area contributed by atoms with Crippen LogP contribution < -0.4 is 10.6 Å². The van der Waals surface area contributed by atoms with Gasteiger partial charge in [0.05, 0.1) is 6.10 Å². The Kier molecular flexibility index (Phi) is 5.28. The molecule has 4 nitrogen and oxygen atoms in total. The summed E-state index contributed by atoms with van der Waals surface area (Å²) in [6, 6.07) is 8.24. The molecule has 0 unspecified atom stereocenters. The molecule has 2 amide bonds. The number of amides is 2. The van der Waals surface area contributed by atoms with Crippen LogP contribution in [0, 0.1) is 25.5 Å². The highest BCUT2D eigenvalue weighted by Crippen LogP contribution is 2.16. The molecule has 0 saturated heterocycles. The van der Waals surface area contributed by atoms with Crippen LogP contribution in [0.1, 0.15) is 22.8 Å². The Morgan fingerprint density at radius 3 is 2.35 bits per heavy atom. The summed E-state index contributed by atoms with van der Waals surface area (Å²) in [5, 5.41) is 15.0. The summed E-state index contributed by atoms with van der Waals surface area (Å²) < 4.78 is 26.0. The second-order valence-corrected chi connectivity index (χ2v) is 5.40. The van der Waals surface area contributed by atoms with Crippen LogP contribution in [-0.4, -0.2) is 17.7 Å². The number of aryl methyl sites for hydroxylation is 2. The maximum absolute atomic E-state index is 13.1. The largest absolute Gasteiger partial charge is 0.387 e. The van der Waals surface area contributed by atoms with E-state index in [1.165, 1.54) is 6.07 Å². The van der Waals surface area contributed by atoms with Gasteiger partial charge in [-0.1, -0.05) is 12.1 Å². The van der Waals surface area contributed by atoms with Crippen molar-refractivity contribution in [3.8, 4) is 0 Å². The van der Waals surface area contributed by atoms with E-state index >= 15 is 0 Å². The van der Waals surface area contributed by atoms with Crippen LogP contribution in [0.15, 0.2) is 36.4 Å². The molecule has 0 saturated carbocycles. The third-order valence-corrected chi connectivity index (χ3v) is 3.26. The van der Waals surface area contributed by atoms with E-state index in [9.17, 15) is 18.7 Å². The number of benzene rings is 2. The summed E-state index contributed by atoms with van der Waals surface area (Å²) in [5.41, 5.74) is 2.86. The number of aliphatic hydroxyl groups excluding tert-OH is 1. The number of rotatable bonds is 4. The van der Waals surface area contributed by atoms with Crippen LogP contribution in [0.25, 0.3) is 0 Å². The van der Waals surface area contributed by atoms with E-state index in [2.05, 4.69) is 10.6 Å². The van der Waals surface area contributed by atoms with Crippen LogP contribution in [0.3, 0.4) is 0 Å². The molecule has 0 radical (unpaired) electrons. The van der Waals surface area contributed by atoms with Gasteiger partial charge in [-0.25, -0.2) is 13.6 Å². The molecule has 2 aromatic rings. The molecular formula is C17H18F2N2O2.